The Balaban J connectivity index is 2.08. The van der Waals surface area contributed by atoms with Crippen LogP contribution in [0.4, 0.5) is 5.82 Å². The van der Waals surface area contributed by atoms with Gasteiger partial charge in [-0.25, -0.2) is 0 Å². The Morgan fingerprint density at radius 3 is 2.56 bits per heavy atom. The molecule has 0 radical (unpaired) electrons. The van der Waals surface area contributed by atoms with E-state index in [-0.39, 0.29) is 0 Å². The Labute approximate surface area is 108 Å². The molecule has 0 aliphatic carbocycles. The number of thiophene rings is 1. The number of anilines is 1. The molecule has 2 aromatic heterocycles. The van der Waals surface area contributed by atoms with Crippen LogP contribution in [-0.4, -0.2) is 17.2 Å². The summed E-state index contributed by atoms with van der Waals surface area (Å²) in [5, 5.41) is 8.19. The van der Waals surface area contributed by atoms with E-state index in [0.29, 0.717) is 5.15 Å². The third-order valence-electron chi connectivity index (χ3n) is 2.03. The van der Waals surface area contributed by atoms with Crippen LogP contribution in [0.25, 0.3) is 0 Å². The molecule has 0 aliphatic heterocycles. The second-order valence-electron chi connectivity index (χ2n) is 3.28. The van der Waals surface area contributed by atoms with Crippen molar-refractivity contribution in [2.45, 2.75) is 6.54 Å². The van der Waals surface area contributed by atoms with Crippen LogP contribution in [0.2, 0.25) is 9.49 Å². The molecule has 0 unspecified atom stereocenters. The first-order valence-electron chi connectivity index (χ1n) is 4.60. The van der Waals surface area contributed by atoms with Crippen LogP contribution in [0.3, 0.4) is 0 Å². The molecule has 0 saturated heterocycles. The molecule has 84 valence electrons. The van der Waals surface area contributed by atoms with Gasteiger partial charge in [0.15, 0.2) is 11.0 Å². The van der Waals surface area contributed by atoms with Crippen LogP contribution < -0.4 is 4.90 Å². The first-order valence-corrected chi connectivity index (χ1v) is 6.17. The molecule has 0 spiro atoms. The van der Waals surface area contributed by atoms with E-state index in [4.69, 9.17) is 23.2 Å². The summed E-state index contributed by atoms with van der Waals surface area (Å²) in [6.45, 7) is 0.758. The molecule has 0 bridgehead atoms. The molecule has 0 aliphatic rings. The molecule has 2 rings (SSSR count). The van der Waals surface area contributed by atoms with Crippen LogP contribution in [0.1, 0.15) is 4.88 Å². The Morgan fingerprint density at radius 2 is 2.00 bits per heavy atom. The lowest BCUT2D eigenvalue weighted by Gasteiger charge is -2.15. The van der Waals surface area contributed by atoms with Gasteiger partial charge in [-0.2, -0.15) is 0 Å². The maximum Gasteiger partial charge on any atom is 0.151 e. The van der Waals surface area contributed by atoms with Crippen LogP contribution in [0.15, 0.2) is 24.3 Å². The summed E-state index contributed by atoms with van der Waals surface area (Å²) >= 11 is 13.1. The maximum absolute atomic E-state index is 5.87. The highest BCUT2D eigenvalue weighted by molar-refractivity contribution is 7.16. The van der Waals surface area contributed by atoms with Gasteiger partial charge < -0.3 is 4.90 Å². The standard InChI is InChI=1S/C10H9Cl2N3S/c1-15(6-7-2-4-9(12)16-7)10-5-3-8(11)13-14-10/h2-5H,6H2,1H3. The fourth-order valence-electron chi connectivity index (χ4n) is 1.26. The Morgan fingerprint density at radius 1 is 1.19 bits per heavy atom. The topological polar surface area (TPSA) is 29.0 Å². The summed E-state index contributed by atoms with van der Waals surface area (Å²) in [6, 6.07) is 7.46. The molecule has 2 heterocycles. The number of nitrogens with zero attached hydrogens (tertiary/aromatic N) is 3. The van der Waals surface area contributed by atoms with Crippen LogP contribution in [0, 0.1) is 0 Å². The minimum Gasteiger partial charge on any atom is -0.353 e. The highest BCUT2D eigenvalue weighted by atomic mass is 35.5. The molecule has 0 saturated carbocycles. The first-order chi connectivity index (χ1) is 7.65. The maximum atomic E-state index is 5.87. The van der Waals surface area contributed by atoms with E-state index in [2.05, 4.69) is 10.2 Å². The molecule has 0 fully saturated rings. The Bertz CT molecular complexity index is 469. The van der Waals surface area contributed by atoms with Gasteiger partial charge in [-0.3, -0.25) is 0 Å². The second-order valence-corrected chi connectivity index (χ2v) is 5.46. The predicted octanol–water partition coefficient (Wildman–Crippen LogP) is 3.48. The normalized spacial score (nSPS) is 10.4. The van der Waals surface area contributed by atoms with Gasteiger partial charge in [0.25, 0.3) is 0 Å². The third-order valence-corrected chi connectivity index (χ3v) is 3.45. The molecule has 0 atom stereocenters. The van der Waals surface area contributed by atoms with Gasteiger partial charge in [-0.05, 0) is 24.3 Å². The number of hydrogen-bond acceptors (Lipinski definition) is 4. The molecular weight excluding hydrogens is 265 g/mol. The smallest absolute Gasteiger partial charge is 0.151 e. The van der Waals surface area contributed by atoms with Gasteiger partial charge in [0.05, 0.1) is 10.9 Å². The van der Waals surface area contributed by atoms with E-state index in [1.165, 1.54) is 4.88 Å². The number of hydrogen-bond donors (Lipinski definition) is 0. The molecule has 16 heavy (non-hydrogen) atoms. The summed E-state index contributed by atoms with van der Waals surface area (Å²) in [4.78, 5) is 3.18. The van der Waals surface area contributed by atoms with Crippen LogP contribution in [0.5, 0.6) is 0 Å². The Hall–Kier alpha value is -0.840. The monoisotopic (exact) mass is 273 g/mol. The van der Waals surface area contributed by atoms with Crippen molar-refractivity contribution in [3.63, 3.8) is 0 Å². The lowest BCUT2D eigenvalue weighted by Crippen LogP contribution is -2.17. The summed E-state index contributed by atoms with van der Waals surface area (Å²) in [6.07, 6.45) is 0. The van der Waals surface area contributed by atoms with Gasteiger partial charge in [0, 0.05) is 11.9 Å². The fraction of sp³-hybridized carbons (Fsp3) is 0.200. The second kappa shape index (κ2) is 4.99. The molecule has 3 nitrogen and oxygen atoms in total. The number of halogens is 2. The van der Waals surface area contributed by atoms with E-state index in [9.17, 15) is 0 Å². The van der Waals surface area contributed by atoms with Crippen molar-refractivity contribution >= 4 is 40.4 Å². The average molecular weight is 274 g/mol. The van der Waals surface area contributed by atoms with Crippen molar-refractivity contribution in [1.82, 2.24) is 10.2 Å². The van der Waals surface area contributed by atoms with Crippen molar-refractivity contribution in [1.29, 1.82) is 0 Å². The van der Waals surface area contributed by atoms with Crippen molar-refractivity contribution in [3.05, 3.63) is 38.6 Å². The zero-order valence-corrected chi connectivity index (χ0v) is 10.9. The van der Waals surface area contributed by atoms with Gasteiger partial charge in [0.2, 0.25) is 0 Å². The van der Waals surface area contributed by atoms with Crippen molar-refractivity contribution in [2.24, 2.45) is 0 Å². The van der Waals surface area contributed by atoms with Crippen LogP contribution in [-0.2, 0) is 6.54 Å². The largest absolute Gasteiger partial charge is 0.353 e. The molecule has 0 aromatic carbocycles. The van der Waals surface area contributed by atoms with Gasteiger partial charge in [-0.1, -0.05) is 23.2 Å². The molecular formula is C10H9Cl2N3S. The van der Waals surface area contributed by atoms with Gasteiger partial charge in [-0.15, -0.1) is 21.5 Å². The highest BCUT2D eigenvalue weighted by Crippen LogP contribution is 2.23. The molecule has 6 heteroatoms. The average Bonchev–Trinajstić information content (AvgIpc) is 2.65. The summed E-state index contributed by atoms with van der Waals surface area (Å²) in [5.74, 6) is 0.786. The van der Waals surface area contributed by atoms with Crippen molar-refractivity contribution in [2.75, 3.05) is 11.9 Å². The predicted molar refractivity (Wildman–Crippen MR) is 68.5 cm³/mol. The van der Waals surface area contributed by atoms with Gasteiger partial charge in [0.1, 0.15) is 0 Å². The lowest BCUT2D eigenvalue weighted by atomic mass is 10.4. The first kappa shape index (κ1) is 11.6. The van der Waals surface area contributed by atoms with Crippen LogP contribution >= 0.6 is 34.5 Å². The molecule has 2 aromatic rings. The summed E-state index contributed by atoms with van der Waals surface area (Å²) in [5.41, 5.74) is 0. The van der Waals surface area contributed by atoms with E-state index in [0.717, 1.165) is 16.7 Å². The lowest BCUT2D eigenvalue weighted by molar-refractivity contribution is 0.877. The zero-order chi connectivity index (χ0) is 11.5. The number of aromatic nitrogens is 2. The third kappa shape index (κ3) is 2.84. The fourth-order valence-corrected chi connectivity index (χ4v) is 2.51. The molecule has 0 N–H and O–H groups in total. The van der Waals surface area contributed by atoms with Crippen molar-refractivity contribution in [3.8, 4) is 0 Å². The quantitative estimate of drug-likeness (QED) is 0.858. The van der Waals surface area contributed by atoms with E-state index >= 15 is 0 Å². The molecule has 0 amide bonds. The minimum atomic E-state index is 0.399. The van der Waals surface area contributed by atoms with E-state index < -0.39 is 0 Å². The number of rotatable bonds is 3. The summed E-state index contributed by atoms with van der Waals surface area (Å²) < 4.78 is 0.797. The summed E-state index contributed by atoms with van der Waals surface area (Å²) in [7, 11) is 1.95. The van der Waals surface area contributed by atoms with Crippen molar-refractivity contribution < 1.29 is 0 Å². The SMILES string of the molecule is CN(Cc1ccc(Cl)s1)c1ccc(Cl)nn1. The Kier molecular flexibility index (Phi) is 3.63. The zero-order valence-electron chi connectivity index (χ0n) is 8.52. The van der Waals surface area contributed by atoms with E-state index in [1.54, 1.807) is 17.4 Å². The minimum absolute atomic E-state index is 0.399. The van der Waals surface area contributed by atoms with Gasteiger partial charge >= 0.3 is 0 Å². The highest BCUT2D eigenvalue weighted by Gasteiger charge is 2.06. The van der Waals surface area contributed by atoms with E-state index in [1.807, 2.05) is 30.1 Å².